The van der Waals surface area contributed by atoms with Gasteiger partial charge in [0.2, 0.25) is 0 Å². The molecule has 0 saturated heterocycles. The first-order chi connectivity index (χ1) is 8.67. The van der Waals surface area contributed by atoms with Gasteiger partial charge in [0.25, 0.3) is 0 Å². The van der Waals surface area contributed by atoms with Crippen LogP contribution in [0.15, 0.2) is 18.2 Å². The minimum absolute atomic E-state index is 0.184. The first-order valence-corrected chi connectivity index (χ1v) is 6.65. The van der Waals surface area contributed by atoms with Gasteiger partial charge in [-0.3, -0.25) is 0 Å². The number of hydrogen-bond donors (Lipinski definition) is 1. The summed E-state index contributed by atoms with van der Waals surface area (Å²) in [5.74, 6) is 3.29. The smallest absolute Gasteiger partial charge is 0.137 e. The predicted octanol–water partition coefficient (Wildman–Crippen LogP) is 3.41. The van der Waals surface area contributed by atoms with Gasteiger partial charge in [0.05, 0.1) is 11.6 Å². The van der Waals surface area contributed by atoms with E-state index in [9.17, 15) is 0 Å². The highest BCUT2D eigenvalue weighted by Crippen LogP contribution is 2.26. The van der Waals surface area contributed by atoms with Crippen LogP contribution in [-0.4, -0.2) is 12.6 Å². The molecule has 3 heteroatoms. The van der Waals surface area contributed by atoms with Gasteiger partial charge in [0.1, 0.15) is 5.75 Å². The van der Waals surface area contributed by atoms with Crippen molar-refractivity contribution in [3.05, 3.63) is 28.8 Å². The molecule has 0 aliphatic heterocycles. The van der Waals surface area contributed by atoms with Crippen LogP contribution in [0.1, 0.15) is 31.7 Å². The van der Waals surface area contributed by atoms with E-state index in [1.165, 1.54) is 0 Å². The second-order valence-electron chi connectivity index (χ2n) is 4.29. The summed E-state index contributed by atoms with van der Waals surface area (Å²) in [6.07, 6.45) is 8.54. The highest BCUT2D eigenvalue weighted by Gasteiger charge is 2.06. The third kappa shape index (κ3) is 5.00. The van der Waals surface area contributed by atoms with Gasteiger partial charge in [-0.2, -0.15) is 0 Å². The maximum absolute atomic E-state index is 6.16. The summed E-state index contributed by atoms with van der Waals surface area (Å²) < 4.78 is 5.57. The number of unbranched alkanes of at least 4 members (excludes halogenated alkanes) is 1. The topological polar surface area (TPSA) is 35.2 Å². The van der Waals surface area contributed by atoms with Gasteiger partial charge in [-0.25, -0.2) is 0 Å². The molecule has 0 saturated carbocycles. The largest absolute Gasteiger partial charge is 0.492 e. The molecule has 2 N–H and O–H groups in total. The van der Waals surface area contributed by atoms with E-state index in [2.05, 4.69) is 12.8 Å². The molecule has 1 atom stereocenters. The van der Waals surface area contributed by atoms with Crippen LogP contribution in [0, 0.1) is 12.3 Å². The summed E-state index contributed by atoms with van der Waals surface area (Å²) in [5.41, 5.74) is 7.06. The van der Waals surface area contributed by atoms with Crippen LogP contribution in [0.5, 0.6) is 5.75 Å². The zero-order valence-electron chi connectivity index (χ0n) is 10.8. The van der Waals surface area contributed by atoms with E-state index in [1.807, 2.05) is 18.2 Å². The Morgan fingerprint density at radius 1 is 1.50 bits per heavy atom. The number of terminal acetylenes is 1. The maximum Gasteiger partial charge on any atom is 0.137 e. The molecule has 2 nitrogen and oxygen atoms in total. The van der Waals surface area contributed by atoms with Crippen molar-refractivity contribution in [1.82, 2.24) is 0 Å². The molecule has 0 bridgehead atoms. The zero-order valence-corrected chi connectivity index (χ0v) is 11.5. The van der Waals surface area contributed by atoms with Gasteiger partial charge < -0.3 is 10.5 Å². The van der Waals surface area contributed by atoms with Crippen LogP contribution >= 0.6 is 11.6 Å². The van der Waals surface area contributed by atoms with Crippen LogP contribution in [0.2, 0.25) is 5.02 Å². The van der Waals surface area contributed by atoms with Crippen LogP contribution in [0.4, 0.5) is 0 Å². The fourth-order valence-corrected chi connectivity index (χ4v) is 1.85. The summed E-state index contributed by atoms with van der Waals surface area (Å²) in [6.45, 7) is 2.67. The molecule has 98 valence electrons. The molecule has 1 aromatic rings. The Labute approximate surface area is 114 Å². The number of rotatable bonds is 7. The molecule has 18 heavy (non-hydrogen) atoms. The Kier molecular flexibility index (Phi) is 6.64. The highest BCUT2D eigenvalue weighted by molar-refractivity contribution is 6.32. The number of nitrogens with two attached hydrogens (primary N) is 1. The van der Waals surface area contributed by atoms with E-state index >= 15 is 0 Å². The number of benzene rings is 1. The molecular weight excluding hydrogens is 246 g/mol. The zero-order chi connectivity index (χ0) is 13.4. The van der Waals surface area contributed by atoms with E-state index in [1.54, 1.807) is 0 Å². The monoisotopic (exact) mass is 265 g/mol. The third-order valence-corrected chi connectivity index (χ3v) is 3.04. The lowest BCUT2D eigenvalue weighted by Gasteiger charge is -2.11. The summed E-state index contributed by atoms with van der Waals surface area (Å²) in [5, 5.41) is 0.636. The van der Waals surface area contributed by atoms with Crippen LogP contribution in [0.3, 0.4) is 0 Å². The lowest BCUT2D eigenvalue weighted by atomic mass is 10.0. The molecule has 0 fully saturated rings. The Balaban J connectivity index is 2.54. The van der Waals surface area contributed by atoms with E-state index in [0.717, 1.165) is 31.2 Å². The number of halogens is 1. The summed E-state index contributed by atoms with van der Waals surface area (Å²) >= 11 is 6.16. The minimum atomic E-state index is 0.184. The van der Waals surface area contributed by atoms with Crippen molar-refractivity contribution in [2.75, 3.05) is 6.61 Å². The summed E-state index contributed by atoms with van der Waals surface area (Å²) in [6, 6.07) is 6.02. The highest BCUT2D eigenvalue weighted by atomic mass is 35.5. The van der Waals surface area contributed by atoms with Crippen molar-refractivity contribution in [1.29, 1.82) is 0 Å². The van der Waals surface area contributed by atoms with Gasteiger partial charge in [-0.1, -0.05) is 24.6 Å². The van der Waals surface area contributed by atoms with Gasteiger partial charge >= 0.3 is 0 Å². The average Bonchev–Trinajstić information content (AvgIpc) is 2.36. The van der Waals surface area contributed by atoms with Crippen molar-refractivity contribution >= 4 is 11.6 Å². The lowest BCUT2D eigenvalue weighted by molar-refractivity contribution is 0.313. The standard InChI is InChI=1S/C15H20ClNO/c1-3-5-6-9-18-15-8-7-12(11-14(15)16)10-13(17)4-2/h1,7-8,11,13H,4-6,9-10,17H2,2H3. The second kappa shape index (κ2) is 8.02. The molecule has 0 amide bonds. The Hall–Kier alpha value is -1.17. The maximum atomic E-state index is 6.16. The van der Waals surface area contributed by atoms with Crippen molar-refractivity contribution < 1.29 is 4.74 Å². The van der Waals surface area contributed by atoms with E-state index < -0.39 is 0 Å². The molecule has 1 aromatic carbocycles. The van der Waals surface area contributed by atoms with Crippen molar-refractivity contribution in [3.63, 3.8) is 0 Å². The molecule has 1 unspecified atom stereocenters. The van der Waals surface area contributed by atoms with Crippen LogP contribution in [-0.2, 0) is 6.42 Å². The van der Waals surface area contributed by atoms with E-state index in [-0.39, 0.29) is 6.04 Å². The molecule has 0 aromatic heterocycles. The Morgan fingerprint density at radius 2 is 2.28 bits per heavy atom. The molecule has 0 aliphatic carbocycles. The normalized spacial score (nSPS) is 11.9. The van der Waals surface area contributed by atoms with E-state index in [0.29, 0.717) is 17.4 Å². The molecule has 1 rings (SSSR count). The van der Waals surface area contributed by atoms with Crippen LogP contribution in [0.25, 0.3) is 0 Å². The first kappa shape index (κ1) is 14.9. The van der Waals surface area contributed by atoms with Gasteiger partial charge in [0.15, 0.2) is 0 Å². The van der Waals surface area contributed by atoms with Crippen molar-refractivity contribution in [2.45, 2.75) is 38.6 Å². The lowest BCUT2D eigenvalue weighted by Crippen LogP contribution is -2.21. The van der Waals surface area contributed by atoms with Crippen molar-refractivity contribution in [3.8, 4) is 18.1 Å². The van der Waals surface area contributed by atoms with E-state index in [4.69, 9.17) is 28.5 Å². The predicted molar refractivity (Wildman–Crippen MR) is 77.0 cm³/mol. The van der Waals surface area contributed by atoms with Crippen LogP contribution < -0.4 is 10.5 Å². The minimum Gasteiger partial charge on any atom is -0.492 e. The SMILES string of the molecule is C#CCCCOc1ccc(CC(N)CC)cc1Cl. The number of hydrogen-bond acceptors (Lipinski definition) is 2. The first-order valence-electron chi connectivity index (χ1n) is 6.27. The molecule has 0 radical (unpaired) electrons. The Morgan fingerprint density at radius 3 is 2.89 bits per heavy atom. The van der Waals surface area contributed by atoms with Gasteiger partial charge in [0, 0.05) is 12.5 Å². The average molecular weight is 266 g/mol. The van der Waals surface area contributed by atoms with Gasteiger partial charge in [-0.05, 0) is 37.0 Å². The quantitative estimate of drug-likeness (QED) is 0.606. The van der Waals surface area contributed by atoms with Crippen molar-refractivity contribution in [2.24, 2.45) is 5.73 Å². The summed E-state index contributed by atoms with van der Waals surface area (Å²) in [7, 11) is 0. The van der Waals surface area contributed by atoms with Gasteiger partial charge in [-0.15, -0.1) is 12.3 Å². The Bertz CT molecular complexity index is 411. The third-order valence-electron chi connectivity index (χ3n) is 2.74. The fourth-order valence-electron chi connectivity index (χ4n) is 1.59. The molecule has 0 aliphatic rings. The summed E-state index contributed by atoms with van der Waals surface area (Å²) in [4.78, 5) is 0. The molecule has 0 heterocycles. The molecular formula is C15H20ClNO. The molecule has 0 spiro atoms. The fraction of sp³-hybridized carbons (Fsp3) is 0.467. The second-order valence-corrected chi connectivity index (χ2v) is 4.70. The number of ether oxygens (including phenoxy) is 1.